The molecule has 1 rings (SSSR count). The van der Waals surface area contributed by atoms with Crippen LogP contribution in [0.3, 0.4) is 0 Å². The molecule has 1 aromatic rings. The second-order valence-corrected chi connectivity index (χ2v) is 5.87. The Balaban J connectivity index is 2.52. The van der Waals surface area contributed by atoms with E-state index in [0.717, 1.165) is 24.2 Å². The van der Waals surface area contributed by atoms with Gasteiger partial charge in [-0.25, -0.2) is 0 Å². The van der Waals surface area contributed by atoms with E-state index in [0.29, 0.717) is 0 Å². The van der Waals surface area contributed by atoms with Gasteiger partial charge in [-0.2, -0.15) is 0 Å². The fraction of sp³-hybridized carbons (Fsp3) is 0.667. The summed E-state index contributed by atoms with van der Waals surface area (Å²) in [5, 5.41) is 0. The van der Waals surface area contributed by atoms with Crippen LogP contribution in [0.4, 0.5) is 11.4 Å². The SMILES string of the molecule is CCCCCCc1cc(N)c(CCCCCC)cc1N. The van der Waals surface area contributed by atoms with E-state index in [2.05, 4.69) is 26.0 Å². The van der Waals surface area contributed by atoms with Crippen LogP contribution in [0.1, 0.15) is 76.3 Å². The first-order valence-electron chi connectivity index (χ1n) is 8.35. The van der Waals surface area contributed by atoms with Gasteiger partial charge in [-0.3, -0.25) is 0 Å². The van der Waals surface area contributed by atoms with Gasteiger partial charge < -0.3 is 11.5 Å². The quantitative estimate of drug-likeness (QED) is 0.461. The van der Waals surface area contributed by atoms with Gasteiger partial charge in [0.2, 0.25) is 0 Å². The van der Waals surface area contributed by atoms with Crippen molar-refractivity contribution in [1.29, 1.82) is 0 Å². The minimum Gasteiger partial charge on any atom is -0.398 e. The maximum Gasteiger partial charge on any atom is 0.0350 e. The summed E-state index contributed by atoms with van der Waals surface area (Å²) in [5.41, 5.74) is 16.7. The molecule has 2 heteroatoms. The van der Waals surface area contributed by atoms with Crippen molar-refractivity contribution in [2.75, 3.05) is 11.5 Å². The van der Waals surface area contributed by atoms with Crippen LogP contribution in [0.25, 0.3) is 0 Å². The Labute approximate surface area is 124 Å². The summed E-state index contributed by atoms with van der Waals surface area (Å²) in [6.07, 6.45) is 12.3. The molecule has 0 fully saturated rings. The van der Waals surface area contributed by atoms with Crippen LogP contribution < -0.4 is 11.5 Å². The third kappa shape index (κ3) is 5.85. The Morgan fingerprint density at radius 2 is 1.05 bits per heavy atom. The lowest BCUT2D eigenvalue weighted by atomic mass is 9.98. The van der Waals surface area contributed by atoms with E-state index < -0.39 is 0 Å². The van der Waals surface area contributed by atoms with Crippen LogP contribution in [0.2, 0.25) is 0 Å². The van der Waals surface area contributed by atoms with Gasteiger partial charge in [-0.1, -0.05) is 52.4 Å². The molecule has 0 unspecified atom stereocenters. The molecule has 0 saturated carbocycles. The Bertz CT molecular complexity index is 347. The maximum atomic E-state index is 6.18. The van der Waals surface area contributed by atoms with E-state index in [1.165, 1.54) is 62.5 Å². The highest BCUT2D eigenvalue weighted by Gasteiger charge is 2.06. The Hall–Kier alpha value is -1.18. The molecule has 2 nitrogen and oxygen atoms in total. The second-order valence-electron chi connectivity index (χ2n) is 5.87. The van der Waals surface area contributed by atoms with Crippen molar-refractivity contribution in [3.63, 3.8) is 0 Å². The summed E-state index contributed by atoms with van der Waals surface area (Å²) in [6, 6.07) is 4.22. The molecule has 0 aromatic heterocycles. The minimum atomic E-state index is 0.932. The number of unbranched alkanes of at least 4 members (excludes halogenated alkanes) is 6. The maximum absolute atomic E-state index is 6.18. The van der Waals surface area contributed by atoms with Crippen molar-refractivity contribution in [1.82, 2.24) is 0 Å². The number of anilines is 2. The molecule has 0 spiro atoms. The number of nitrogens with two attached hydrogens (primary N) is 2. The van der Waals surface area contributed by atoms with Gasteiger partial charge in [-0.15, -0.1) is 0 Å². The normalized spacial score (nSPS) is 10.9. The molecule has 0 aliphatic carbocycles. The lowest BCUT2D eigenvalue weighted by molar-refractivity contribution is 0.664. The Morgan fingerprint density at radius 3 is 1.40 bits per heavy atom. The van der Waals surface area contributed by atoms with Crippen LogP contribution in [-0.2, 0) is 12.8 Å². The van der Waals surface area contributed by atoms with Gasteiger partial charge in [-0.05, 0) is 48.9 Å². The van der Waals surface area contributed by atoms with Crippen LogP contribution in [0.15, 0.2) is 12.1 Å². The molecule has 0 heterocycles. The fourth-order valence-corrected chi connectivity index (χ4v) is 2.64. The molecule has 0 aliphatic rings. The minimum absolute atomic E-state index is 0.932. The van der Waals surface area contributed by atoms with Gasteiger partial charge in [0.25, 0.3) is 0 Å². The number of hydrogen-bond acceptors (Lipinski definition) is 2. The Morgan fingerprint density at radius 1 is 0.650 bits per heavy atom. The zero-order valence-electron chi connectivity index (χ0n) is 13.4. The largest absolute Gasteiger partial charge is 0.398 e. The molecule has 0 aliphatic heterocycles. The highest BCUT2D eigenvalue weighted by atomic mass is 14.6. The van der Waals surface area contributed by atoms with Crippen LogP contribution in [0.5, 0.6) is 0 Å². The lowest BCUT2D eigenvalue weighted by Crippen LogP contribution is -2.02. The average Bonchev–Trinajstić information content (AvgIpc) is 2.44. The van der Waals surface area contributed by atoms with Crippen molar-refractivity contribution < 1.29 is 0 Å². The third-order valence-electron chi connectivity index (χ3n) is 4.00. The van der Waals surface area contributed by atoms with E-state index in [-0.39, 0.29) is 0 Å². The molecular weight excluding hydrogens is 244 g/mol. The summed E-state index contributed by atoms with van der Waals surface area (Å²) in [6.45, 7) is 4.47. The molecular formula is C18H32N2. The van der Waals surface area contributed by atoms with Crippen molar-refractivity contribution in [3.8, 4) is 0 Å². The number of aryl methyl sites for hydroxylation is 2. The topological polar surface area (TPSA) is 52.0 Å². The summed E-state index contributed by atoms with van der Waals surface area (Å²) in [5.74, 6) is 0. The average molecular weight is 276 g/mol. The van der Waals surface area contributed by atoms with E-state index in [1.807, 2.05) is 0 Å². The highest BCUT2D eigenvalue weighted by Crippen LogP contribution is 2.24. The van der Waals surface area contributed by atoms with Crippen molar-refractivity contribution in [2.24, 2.45) is 0 Å². The molecule has 1 aromatic carbocycles. The van der Waals surface area contributed by atoms with Gasteiger partial charge in [0.05, 0.1) is 0 Å². The molecule has 0 atom stereocenters. The predicted octanol–water partition coefficient (Wildman–Crippen LogP) is 5.10. The molecule has 0 amide bonds. The predicted molar refractivity (Wildman–Crippen MR) is 91.0 cm³/mol. The molecule has 4 N–H and O–H groups in total. The first-order chi connectivity index (χ1) is 9.69. The van der Waals surface area contributed by atoms with Gasteiger partial charge in [0.15, 0.2) is 0 Å². The zero-order chi connectivity index (χ0) is 14.8. The number of hydrogen-bond donors (Lipinski definition) is 2. The molecule has 0 radical (unpaired) electrons. The van der Waals surface area contributed by atoms with Gasteiger partial charge in [0, 0.05) is 11.4 Å². The van der Waals surface area contributed by atoms with Crippen LogP contribution >= 0.6 is 0 Å². The van der Waals surface area contributed by atoms with Crippen molar-refractivity contribution >= 4 is 11.4 Å². The van der Waals surface area contributed by atoms with E-state index >= 15 is 0 Å². The van der Waals surface area contributed by atoms with Crippen molar-refractivity contribution in [3.05, 3.63) is 23.3 Å². The summed E-state index contributed by atoms with van der Waals surface area (Å²) in [7, 11) is 0. The van der Waals surface area contributed by atoms with E-state index in [4.69, 9.17) is 11.5 Å². The smallest absolute Gasteiger partial charge is 0.0350 e. The van der Waals surface area contributed by atoms with Crippen LogP contribution in [0, 0.1) is 0 Å². The van der Waals surface area contributed by atoms with Crippen molar-refractivity contribution in [2.45, 2.75) is 78.1 Å². The third-order valence-corrected chi connectivity index (χ3v) is 4.00. The van der Waals surface area contributed by atoms with E-state index in [1.54, 1.807) is 0 Å². The molecule has 0 saturated heterocycles. The van der Waals surface area contributed by atoms with Gasteiger partial charge in [0.1, 0.15) is 0 Å². The Kier molecular flexibility index (Phi) is 8.17. The zero-order valence-corrected chi connectivity index (χ0v) is 13.4. The summed E-state index contributed by atoms with van der Waals surface area (Å²) in [4.78, 5) is 0. The number of benzene rings is 1. The lowest BCUT2D eigenvalue weighted by Gasteiger charge is -2.12. The first-order valence-corrected chi connectivity index (χ1v) is 8.35. The van der Waals surface area contributed by atoms with E-state index in [9.17, 15) is 0 Å². The summed E-state index contributed by atoms with van der Waals surface area (Å²) < 4.78 is 0. The highest BCUT2D eigenvalue weighted by molar-refractivity contribution is 5.60. The fourth-order valence-electron chi connectivity index (χ4n) is 2.64. The van der Waals surface area contributed by atoms with Crippen LogP contribution in [-0.4, -0.2) is 0 Å². The molecule has 20 heavy (non-hydrogen) atoms. The monoisotopic (exact) mass is 276 g/mol. The molecule has 0 bridgehead atoms. The standard InChI is InChI=1S/C18H32N2/c1-3-5-7-9-11-15-13-18(20)16(14-17(15)19)12-10-8-6-4-2/h13-14H,3-12,19-20H2,1-2H3. The number of rotatable bonds is 10. The molecule has 114 valence electrons. The number of nitrogen functional groups attached to an aromatic ring is 2. The first kappa shape index (κ1) is 16.9. The second kappa shape index (κ2) is 9.68. The summed E-state index contributed by atoms with van der Waals surface area (Å²) >= 11 is 0. The van der Waals surface area contributed by atoms with Gasteiger partial charge >= 0.3 is 0 Å².